The molecule has 0 bridgehead atoms. The molecule has 0 unspecified atom stereocenters. The zero-order valence-corrected chi connectivity index (χ0v) is 6.97. The molecule has 0 aromatic carbocycles. The van der Waals surface area contributed by atoms with Gasteiger partial charge in [-0.3, -0.25) is 5.32 Å². The lowest BCUT2D eigenvalue weighted by molar-refractivity contribution is -0.0295. The summed E-state index contributed by atoms with van der Waals surface area (Å²) >= 11 is 0. The number of hydrogen-bond donors (Lipinski definition) is 2. The van der Waals surface area contributed by atoms with Crippen molar-refractivity contribution in [2.24, 2.45) is 0 Å². The van der Waals surface area contributed by atoms with Gasteiger partial charge in [0.05, 0.1) is 0 Å². The summed E-state index contributed by atoms with van der Waals surface area (Å²) in [7, 11) is 0. The molecule has 2 aliphatic rings. The van der Waals surface area contributed by atoms with Crippen LogP contribution in [-0.4, -0.2) is 16.9 Å². The van der Waals surface area contributed by atoms with Crippen molar-refractivity contribution in [2.75, 3.05) is 0 Å². The van der Waals surface area contributed by atoms with Crippen LogP contribution in [0.5, 0.6) is 0 Å². The van der Waals surface area contributed by atoms with Crippen molar-refractivity contribution >= 4 is 0 Å². The van der Waals surface area contributed by atoms with Gasteiger partial charge in [-0.2, -0.15) is 0 Å². The van der Waals surface area contributed by atoms with E-state index >= 15 is 0 Å². The van der Waals surface area contributed by atoms with E-state index in [4.69, 9.17) is 0 Å². The van der Waals surface area contributed by atoms with Crippen LogP contribution >= 0.6 is 0 Å². The fourth-order valence-electron chi connectivity index (χ4n) is 1.89. The molecule has 11 heavy (non-hydrogen) atoms. The number of nitrogens with one attached hydrogen (secondary N) is 1. The molecule has 0 radical (unpaired) electrons. The molecular formula is C9H17NO. The van der Waals surface area contributed by atoms with Crippen molar-refractivity contribution in [3.05, 3.63) is 0 Å². The largest absolute Gasteiger partial charge is 0.376 e. The van der Waals surface area contributed by atoms with Crippen LogP contribution in [0.1, 0.15) is 44.9 Å². The summed E-state index contributed by atoms with van der Waals surface area (Å²) in [5.74, 6) is 0. The first kappa shape index (κ1) is 7.56. The Bertz CT molecular complexity index is 136. The Labute approximate surface area is 68.0 Å². The summed E-state index contributed by atoms with van der Waals surface area (Å²) in [6.45, 7) is 0. The van der Waals surface area contributed by atoms with Crippen LogP contribution in [0.15, 0.2) is 0 Å². The summed E-state index contributed by atoms with van der Waals surface area (Å²) in [6.07, 6.45) is 8.14. The molecule has 2 nitrogen and oxygen atoms in total. The number of hydrogen-bond acceptors (Lipinski definition) is 2. The first-order valence-corrected chi connectivity index (χ1v) is 4.79. The zero-order valence-electron chi connectivity index (χ0n) is 6.97. The first-order chi connectivity index (χ1) is 5.29. The van der Waals surface area contributed by atoms with Gasteiger partial charge in [-0.1, -0.05) is 6.42 Å². The molecule has 2 aliphatic carbocycles. The van der Waals surface area contributed by atoms with Gasteiger partial charge in [-0.05, 0) is 38.5 Å². The van der Waals surface area contributed by atoms with Gasteiger partial charge in [-0.15, -0.1) is 0 Å². The van der Waals surface area contributed by atoms with Crippen LogP contribution in [-0.2, 0) is 0 Å². The van der Waals surface area contributed by atoms with E-state index < -0.39 is 5.72 Å². The summed E-state index contributed by atoms with van der Waals surface area (Å²) in [4.78, 5) is 0. The fraction of sp³-hybridized carbons (Fsp3) is 1.00. The third-order valence-corrected chi connectivity index (χ3v) is 2.73. The van der Waals surface area contributed by atoms with E-state index in [1.54, 1.807) is 0 Å². The maximum atomic E-state index is 9.97. The quantitative estimate of drug-likeness (QED) is 0.591. The predicted molar refractivity (Wildman–Crippen MR) is 44.2 cm³/mol. The third-order valence-electron chi connectivity index (χ3n) is 2.73. The van der Waals surface area contributed by atoms with E-state index in [9.17, 15) is 5.11 Å². The summed E-state index contributed by atoms with van der Waals surface area (Å²) in [5.41, 5.74) is -0.487. The molecule has 64 valence electrons. The van der Waals surface area contributed by atoms with E-state index in [1.807, 2.05) is 0 Å². The van der Waals surface area contributed by atoms with Crippen LogP contribution in [0.2, 0.25) is 0 Å². The number of aliphatic hydroxyl groups is 1. The predicted octanol–water partition coefficient (Wildman–Crippen LogP) is 1.39. The second-order valence-electron chi connectivity index (χ2n) is 4.01. The van der Waals surface area contributed by atoms with Crippen molar-refractivity contribution < 1.29 is 5.11 Å². The molecule has 0 aromatic heterocycles. The topological polar surface area (TPSA) is 32.3 Å². The van der Waals surface area contributed by atoms with Crippen molar-refractivity contribution in [3.63, 3.8) is 0 Å². The minimum atomic E-state index is -0.487. The molecule has 2 heteroatoms. The van der Waals surface area contributed by atoms with E-state index in [-0.39, 0.29) is 0 Å². The minimum Gasteiger partial charge on any atom is -0.376 e. The smallest absolute Gasteiger partial charge is 0.116 e. The van der Waals surface area contributed by atoms with E-state index in [2.05, 4.69) is 5.32 Å². The van der Waals surface area contributed by atoms with Crippen LogP contribution in [0.3, 0.4) is 0 Å². The SMILES string of the molecule is OC1(NC2CC2)CCCCC1. The average molecular weight is 155 g/mol. The fourth-order valence-corrected chi connectivity index (χ4v) is 1.89. The average Bonchev–Trinajstić information content (AvgIpc) is 2.72. The van der Waals surface area contributed by atoms with Gasteiger partial charge < -0.3 is 5.11 Å². The second kappa shape index (κ2) is 2.76. The van der Waals surface area contributed by atoms with Crippen LogP contribution in [0.25, 0.3) is 0 Å². The van der Waals surface area contributed by atoms with Crippen LogP contribution in [0, 0.1) is 0 Å². The first-order valence-electron chi connectivity index (χ1n) is 4.79. The molecule has 2 saturated carbocycles. The molecule has 0 saturated heterocycles. The Kier molecular flexibility index (Phi) is 1.90. The molecule has 0 spiro atoms. The maximum absolute atomic E-state index is 9.97. The van der Waals surface area contributed by atoms with Crippen molar-refractivity contribution in [1.29, 1.82) is 0 Å². The highest BCUT2D eigenvalue weighted by Crippen LogP contribution is 2.30. The molecule has 0 aromatic rings. The molecular weight excluding hydrogens is 138 g/mol. The molecule has 0 heterocycles. The minimum absolute atomic E-state index is 0.487. The Morgan fingerprint density at radius 1 is 1.09 bits per heavy atom. The number of rotatable bonds is 2. The standard InChI is InChI=1S/C9H17NO/c11-9(10-8-4-5-8)6-2-1-3-7-9/h8,10-11H,1-7H2. The van der Waals surface area contributed by atoms with Gasteiger partial charge in [-0.25, -0.2) is 0 Å². The maximum Gasteiger partial charge on any atom is 0.116 e. The van der Waals surface area contributed by atoms with E-state index in [1.165, 1.54) is 32.1 Å². The Morgan fingerprint density at radius 3 is 2.27 bits per heavy atom. The van der Waals surface area contributed by atoms with Gasteiger partial charge in [0.15, 0.2) is 0 Å². The Balaban J connectivity index is 1.84. The molecule has 0 aliphatic heterocycles. The monoisotopic (exact) mass is 155 g/mol. The normalized spacial score (nSPS) is 30.3. The Hall–Kier alpha value is -0.0800. The van der Waals surface area contributed by atoms with Crippen molar-refractivity contribution in [2.45, 2.75) is 56.7 Å². The lowest BCUT2D eigenvalue weighted by atomic mass is 9.92. The highest BCUT2D eigenvalue weighted by atomic mass is 16.3. The highest BCUT2D eigenvalue weighted by Gasteiger charge is 2.34. The zero-order chi connectivity index (χ0) is 7.73. The molecule has 2 fully saturated rings. The van der Waals surface area contributed by atoms with E-state index in [0.717, 1.165) is 12.8 Å². The van der Waals surface area contributed by atoms with Gasteiger partial charge in [0.2, 0.25) is 0 Å². The molecule has 2 N–H and O–H groups in total. The lowest BCUT2D eigenvalue weighted by Gasteiger charge is -2.33. The highest BCUT2D eigenvalue weighted by molar-refractivity contribution is 4.89. The van der Waals surface area contributed by atoms with Crippen LogP contribution in [0.4, 0.5) is 0 Å². The van der Waals surface area contributed by atoms with E-state index in [0.29, 0.717) is 6.04 Å². The molecule has 0 atom stereocenters. The van der Waals surface area contributed by atoms with Crippen molar-refractivity contribution in [3.8, 4) is 0 Å². The van der Waals surface area contributed by atoms with Gasteiger partial charge >= 0.3 is 0 Å². The summed E-state index contributed by atoms with van der Waals surface area (Å²) < 4.78 is 0. The van der Waals surface area contributed by atoms with Crippen LogP contribution < -0.4 is 5.32 Å². The third kappa shape index (κ3) is 1.94. The lowest BCUT2D eigenvalue weighted by Crippen LogP contribution is -2.47. The van der Waals surface area contributed by atoms with Gasteiger partial charge in [0.25, 0.3) is 0 Å². The summed E-state index contributed by atoms with van der Waals surface area (Å²) in [5, 5.41) is 13.3. The summed E-state index contributed by atoms with van der Waals surface area (Å²) in [6, 6.07) is 0.637. The van der Waals surface area contributed by atoms with Crippen molar-refractivity contribution in [1.82, 2.24) is 5.32 Å². The van der Waals surface area contributed by atoms with Gasteiger partial charge in [0.1, 0.15) is 5.72 Å². The molecule has 2 rings (SSSR count). The molecule has 0 amide bonds. The Morgan fingerprint density at radius 2 is 1.73 bits per heavy atom. The second-order valence-corrected chi connectivity index (χ2v) is 4.01. The van der Waals surface area contributed by atoms with Gasteiger partial charge in [0, 0.05) is 6.04 Å².